The van der Waals surface area contributed by atoms with E-state index in [4.69, 9.17) is 5.73 Å². The van der Waals surface area contributed by atoms with Gasteiger partial charge >= 0.3 is 0 Å². The molecule has 0 aromatic heterocycles. The van der Waals surface area contributed by atoms with Gasteiger partial charge in [-0.05, 0) is 30.4 Å². The van der Waals surface area contributed by atoms with Gasteiger partial charge in [0, 0.05) is 18.5 Å². The average molecular weight is 266 g/mol. The summed E-state index contributed by atoms with van der Waals surface area (Å²) in [5.74, 6) is 0.0193. The van der Waals surface area contributed by atoms with Gasteiger partial charge in [0.1, 0.15) is 0 Å². The predicted octanol–water partition coefficient (Wildman–Crippen LogP) is 2.49. The van der Waals surface area contributed by atoms with Crippen molar-refractivity contribution in [2.75, 3.05) is 13.3 Å². The minimum absolute atomic E-state index is 0.0193. The molecule has 1 aromatic carbocycles. The quantitative estimate of drug-likeness (QED) is 0.805. The van der Waals surface area contributed by atoms with Crippen LogP contribution in [0.25, 0.3) is 0 Å². The van der Waals surface area contributed by atoms with Crippen LogP contribution in [0.15, 0.2) is 29.2 Å². The van der Waals surface area contributed by atoms with Crippen LogP contribution in [0.4, 0.5) is 0 Å². The van der Waals surface area contributed by atoms with Gasteiger partial charge in [0.25, 0.3) is 0 Å². The largest absolute Gasteiger partial charge is 0.340 e. The van der Waals surface area contributed by atoms with Crippen molar-refractivity contribution < 1.29 is 4.79 Å². The van der Waals surface area contributed by atoms with Gasteiger partial charge < -0.3 is 10.6 Å². The maximum atomic E-state index is 12.0. The molecule has 4 heteroatoms. The van der Waals surface area contributed by atoms with Crippen LogP contribution in [0.1, 0.15) is 25.3 Å². The van der Waals surface area contributed by atoms with E-state index in [-0.39, 0.29) is 11.9 Å². The van der Waals surface area contributed by atoms with E-state index in [9.17, 15) is 4.79 Å². The molecule has 0 heterocycles. The fraction of sp³-hybridized carbons (Fsp3) is 0.500. The molecule has 1 rings (SSSR count). The lowest BCUT2D eigenvalue weighted by molar-refractivity contribution is -0.131. The van der Waals surface area contributed by atoms with Gasteiger partial charge in [0.2, 0.25) is 5.91 Å². The third kappa shape index (κ3) is 4.35. The molecule has 0 aliphatic heterocycles. The van der Waals surface area contributed by atoms with E-state index in [1.54, 1.807) is 23.7 Å². The van der Waals surface area contributed by atoms with Crippen LogP contribution in [0.3, 0.4) is 0 Å². The number of carbonyl (C=O) groups excluding carboxylic acids is 1. The molecule has 2 N–H and O–H groups in total. The Morgan fingerprint density at radius 3 is 2.50 bits per heavy atom. The Balaban J connectivity index is 2.57. The maximum absolute atomic E-state index is 12.0. The normalized spacial score (nSPS) is 12.2. The zero-order valence-electron chi connectivity index (χ0n) is 11.3. The van der Waals surface area contributed by atoms with E-state index < -0.39 is 0 Å². The number of nitrogens with zero attached hydrogens (tertiary/aromatic N) is 1. The third-order valence-corrected chi connectivity index (χ3v) is 3.62. The molecule has 18 heavy (non-hydrogen) atoms. The van der Waals surface area contributed by atoms with Crippen molar-refractivity contribution in [3.05, 3.63) is 29.8 Å². The lowest BCUT2D eigenvalue weighted by Crippen LogP contribution is -2.41. The Hall–Kier alpha value is -1.00. The minimum atomic E-state index is -0.370. The molecule has 0 radical (unpaired) electrons. The highest BCUT2D eigenvalue weighted by Gasteiger charge is 2.16. The molecule has 1 aromatic rings. The first-order chi connectivity index (χ1) is 8.58. The van der Waals surface area contributed by atoms with Crippen LogP contribution < -0.4 is 5.73 Å². The molecule has 3 nitrogen and oxygen atoms in total. The number of likely N-dealkylation sites (N-methyl/N-ethyl adjacent to an activating group) is 1. The van der Waals surface area contributed by atoms with Crippen LogP contribution in [-0.2, 0) is 11.3 Å². The minimum Gasteiger partial charge on any atom is -0.340 e. The van der Waals surface area contributed by atoms with Crippen LogP contribution in [0.5, 0.6) is 0 Å². The number of amides is 1. The van der Waals surface area contributed by atoms with Gasteiger partial charge in [-0.25, -0.2) is 0 Å². The summed E-state index contributed by atoms with van der Waals surface area (Å²) >= 11 is 1.71. The SMILES string of the molecule is CCC[C@H](N)C(=O)N(C)Cc1ccc(SC)cc1. The summed E-state index contributed by atoms with van der Waals surface area (Å²) < 4.78 is 0. The van der Waals surface area contributed by atoms with Gasteiger partial charge in [-0.15, -0.1) is 11.8 Å². The first-order valence-corrected chi connectivity index (χ1v) is 7.44. The van der Waals surface area contributed by atoms with Crippen molar-refractivity contribution in [2.24, 2.45) is 5.73 Å². The molecular formula is C14H22N2OS. The number of benzene rings is 1. The number of hydrogen-bond donors (Lipinski definition) is 1. The summed E-state index contributed by atoms with van der Waals surface area (Å²) in [6.07, 6.45) is 3.73. The highest BCUT2D eigenvalue weighted by molar-refractivity contribution is 7.98. The lowest BCUT2D eigenvalue weighted by atomic mass is 10.1. The second-order valence-electron chi connectivity index (χ2n) is 4.44. The molecule has 1 amide bonds. The van der Waals surface area contributed by atoms with Crippen molar-refractivity contribution in [3.8, 4) is 0 Å². The van der Waals surface area contributed by atoms with Crippen LogP contribution >= 0.6 is 11.8 Å². The standard InChI is InChI=1S/C14H22N2OS/c1-4-5-13(15)14(17)16(2)10-11-6-8-12(18-3)9-7-11/h6-9,13H,4-5,10,15H2,1-3H3/t13-/m0/s1. The monoisotopic (exact) mass is 266 g/mol. The van der Waals surface area contributed by atoms with Crippen molar-refractivity contribution in [2.45, 2.75) is 37.2 Å². The Kier molecular flexibility index (Phi) is 6.22. The first kappa shape index (κ1) is 15.1. The molecule has 0 bridgehead atoms. The summed E-state index contributed by atoms with van der Waals surface area (Å²) in [5, 5.41) is 0. The number of carbonyl (C=O) groups is 1. The lowest BCUT2D eigenvalue weighted by Gasteiger charge is -2.21. The summed E-state index contributed by atoms with van der Waals surface area (Å²) in [7, 11) is 1.81. The Morgan fingerprint density at radius 1 is 1.39 bits per heavy atom. The van der Waals surface area contributed by atoms with Crippen LogP contribution in [-0.4, -0.2) is 30.2 Å². The van der Waals surface area contributed by atoms with E-state index in [1.165, 1.54) is 4.90 Å². The Bertz CT molecular complexity index is 378. The summed E-state index contributed by atoms with van der Waals surface area (Å²) in [6, 6.07) is 7.89. The average Bonchev–Trinajstić information content (AvgIpc) is 2.39. The summed E-state index contributed by atoms with van der Waals surface area (Å²) in [5.41, 5.74) is 6.97. The third-order valence-electron chi connectivity index (χ3n) is 2.87. The zero-order valence-corrected chi connectivity index (χ0v) is 12.2. The van der Waals surface area contributed by atoms with E-state index >= 15 is 0 Å². The van der Waals surface area contributed by atoms with E-state index in [2.05, 4.69) is 30.5 Å². The topological polar surface area (TPSA) is 46.3 Å². The maximum Gasteiger partial charge on any atom is 0.239 e. The van der Waals surface area contributed by atoms with Gasteiger partial charge in [-0.1, -0.05) is 25.5 Å². The van der Waals surface area contributed by atoms with E-state index in [0.717, 1.165) is 18.4 Å². The first-order valence-electron chi connectivity index (χ1n) is 6.22. The molecule has 0 spiro atoms. The predicted molar refractivity (Wildman–Crippen MR) is 77.6 cm³/mol. The fourth-order valence-corrected chi connectivity index (χ4v) is 2.21. The second-order valence-corrected chi connectivity index (χ2v) is 5.32. The Labute approximate surface area is 114 Å². The molecule has 0 aliphatic rings. The molecule has 0 aliphatic carbocycles. The molecule has 1 atom stereocenters. The molecule has 100 valence electrons. The molecule has 0 saturated heterocycles. The number of nitrogens with two attached hydrogens (primary N) is 1. The molecule has 0 fully saturated rings. The van der Waals surface area contributed by atoms with Crippen molar-refractivity contribution in [1.82, 2.24) is 4.90 Å². The molecule has 0 unspecified atom stereocenters. The fourth-order valence-electron chi connectivity index (χ4n) is 1.80. The van der Waals surface area contributed by atoms with Crippen molar-refractivity contribution in [1.29, 1.82) is 0 Å². The number of thioether (sulfide) groups is 1. The zero-order chi connectivity index (χ0) is 13.5. The van der Waals surface area contributed by atoms with Gasteiger partial charge in [-0.3, -0.25) is 4.79 Å². The van der Waals surface area contributed by atoms with E-state index in [1.807, 2.05) is 6.92 Å². The van der Waals surface area contributed by atoms with Crippen LogP contribution in [0, 0.1) is 0 Å². The van der Waals surface area contributed by atoms with E-state index in [0.29, 0.717) is 6.54 Å². The smallest absolute Gasteiger partial charge is 0.239 e. The number of rotatable bonds is 6. The summed E-state index contributed by atoms with van der Waals surface area (Å²) in [6.45, 7) is 2.65. The molecular weight excluding hydrogens is 244 g/mol. The second kappa shape index (κ2) is 7.44. The van der Waals surface area contributed by atoms with Crippen molar-refractivity contribution in [3.63, 3.8) is 0 Å². The highest BCUT2D eigenvalue weighted by atomic mass is 32.2. The Morgan fingerprint density at radius 2 is 2.00 bits per heavy atom. The highest BCUT2D eigenvalue weighted by Crippen LogP contribution is 2.15. The van der Waals surface area contributed by atoms with Crippen molar-refractivity contribution >= 4 is 17.7 Å². The van der Waals surface area contributed by atoms with Gasteiger partial charge in [-0.2, -0.15) is 0 Å². The molecule has 0 saturated carbocycles. The van der Waals surface area contributed by atoms with Gasteiger partial charge in [0.05, 0.1) is 6.04 Å². The summed E-state index contributed by atoms with van der Waals surface area (Å²) in [4.78, 5) is 14.9. The van der Waals surface area contributed by atoms with Gasteiger partial charge in [0.15, 0.2) is 0 Å². The number of hydrogen-bond acceptors (Lipinski definition) is 3. The van der Waals surface area contributed by atoms with Crippen LogP contribution in [0.2, 0.25) is 0 Å².